The first-order valence-electron chi connectivity index (χ1n) is 3.62. The Kier molecular flexibility index (Phi) is 31.0. The Balaban J connectivity index is -0.0000000450. The quantitative estimate of drug-likeness (QED) is 0.418. The van der Waals surface area contributed by atoms with Gasteiger partial charge in [0, 0.05) is 0 Å². The molecule has 0 rings (SSSR count). The molecule has 0 bridgehead atoms. The van der Waals surface area contributed by atoms with E-state index in [0.717, 1.165) is 16.7 Å². The van der Waals surface area contributed by atoms with Gasteiger partial charge in [0.1, 0.15) is 0 Å². The Bertz CT molecular complexity index is 103. The van der Waals surface area contributed by atoms with Crippen molar-refractivity contribution in [1.82, 2.24) is 0 Å². The van der Waals surface area contributed by atoms with Crippen LogP contribution in [0, 0.1) is 20.8 Å². The number of hydrogen-bond acceptors (Lipinski definition) is 0. The maximum absolute atomic E-state index is 3.44. The predicted molar refractivity (Wildman–Crippen MR) is 60.5 cm³/mol. The average molecular weight is 213 g/mol. The molecule has 0 saturated heterocycles. The fourth-order valence-corrected chi connectivity index (χ4v) is 0. The van der Waals surface area contributed by atoms with Gasteiger partial charge in [-0.25, -0.2) is 57.2 Å². The van der Waals surface area contributed by atoms with Gasteiger partial charge >= 0.3 is 21.7 Å². The first kappa shape index (κ1) is 22.9. The van der Waals surface area contributed by atoms with Crippen LogP contribution in [0.4, 0.5) is 0 Å². The third-order valence-corrected chi connectivity index (χ3v) is 0. The number of hydrogen-bond donors (Lipinski definition) is 0. The molecule has 0 amide bonds. The third-order valence-electron chi connectivity index (χ3n) is 0. The van der Waals surface area contributed by atoms with Crippen LogP contribution < -0.4 is 0 Å². The van der Waals surface area contributed by atoms with E-state index in [1.54, 1.807) is 0 Å². The molecule has 0 unspecified atom stereocenters. The number of allylic oxidation sites excluding steroid dienone is 3. The van der Waals surface area contributed by atoms with Crippen LogP contribution in [0.25, 0.3) is 0 Å². The SMILES string of the molecule is C=C([CH2-])C.C=C([CH2-])C.C=C([CH2-])C.[Ti+3]. The summed E-state index contributed by atoms with van der Waals surface area (Å²) >= 11 is 0. The van der Waals surface area contributed by atoms with Crippen LogP contribution >= 0.6 is 0 Å². The molecular formula is C12H21Ti. The van der Waals surface area contributed by atoms with Crippen molar-refractivity contribution in [3.8, 4) is 0 Å². The van der Waals surface area contributed by atoms with Crippen molar-refractivity contribution in [2.75, 3.05) is 0 Å². The molecule has 0 aromatic heterocycles. The first-order chi connectivity index (χ1) is 5.20. The smallest absolute Gasteiger partial charge is 0.242 e. The van der Waals surface area contributed by atoms with Crippen LogP contribution in [0.5, 0.6) is 0 Å². The zero-order chi connectivity index (χ0) is 10.7. The summed E-state index contributed by atoms with van der Waals surface area (Å²) in [6.45, 7) is 26.2. The summed E-state index contributed by atoms with van der Waals surface area (Å²) in [6.07, 6.45) is 0. The molecule has 0 spiro atoms. The second-order valence-electron chi connectivity index (χ2n) is 2.87. The van der Waals surface area contributed by atoms with Crippen LogP contribution in [0.1, 0.15) is 20.8 Å². The molecule has 0 aliphatic rings. The predicted octanol–water partition coefficient (Wildman–Crippen LogP) is 4.19. The molecule has 0 heterocycles. The van der Waals surface area contributed by atoms with E-state index in [4.69, 9.17) is 0 Å². The van der Waals surface area contributed by atoms with Gasteiger partial charge in [-0.15, -0.1) is 0 Å². The summed E-state index contributed by atoms with van der Waals surface area (Å²) in [4.78, 5) is 0. The monoisotopic (exact) mass is 213 g/mol. The molecule has 0 N–H and O–H groups in total. The van der Waals surface area contributed by atoms with E-state index in [2.05, 4.69) is 40.5 Å². The molecule has 13 heavy (non-hydrogen) atoms. The van der Waals surface area contributed by atoms with Crippen molar-refractivity contribution in [3.63, 3.8) is 0 Å². The Morgan fingerprint density at radius 1 is 0.692 bits per heavy atom. The summed E-state index contributed by atoms with van der Waals surface area (Å²) in [6, 6.07) is 0. The van der Waals surface area contributed by atoms with Gasteiger partial charge in [-0.05, 0) is 0 Å². The van der Waals surface area contributed by atoms with E-state index in [1.165, 1.54) is 0 Å². The summed E-state index contributed by atoms with van der Waals surface area (Å²) in [7, 11) is 0. The molecule has 0 fully saturated rings. The summed E-state index contributed by atoms with van der Waals surface area (Å²) in [5.41, 5.74) is 2.75. The average Bonchev–Trinajstić information content (AvgIpc) is 1.54. The van der Waals surface area contributed by atoms with Gasteiger partial charge in [-0.3, -0.25) is 0 Å². The Labute approximate surface area is 99.7 Å². The topological polar surface area (TPSA) is 0 Å². The fraction of sp³-hybridized carbons (Fsp3) is 0.250. The molecule has 1 radical (unpaired) electrons. The van der Waals surface area contributed by atoms with E-state index in [0.29, 0.717) is 0 Å². The molecule has 0 atom stereocenters. The minimum atomic E-state index is 0. The Morgan fingerprint density at radius 3 is 0.692 bits per heavy atom. The van der Waals surface area contributed by atoms with Gasteiger partial charge in [0.2, 0.25) is 0 Å². The molecule has 0 aromatic carbocycles. The van der Waals surface area contributed by atoms with Crippen LogP contribution in [0.15, 0.2) is 36.5 Å². The van der Waals surface area contributed by atoms with Crippen LogP contribution in [-0.2, 0) is 21.7 Å². The van der Waals surface area contributed by atoms with Gasteiger partial charge in [0.15, 0.2) is 0 Å². The molecule has 0 saturated carbocycles. The van der Waals surface area contributed by atoms with Crippen LogP contribution in [0.2, 0.25) is 0 Å². The van der Waals surface area contributed by atoms with E-state index < -0.39 is 0 Å². The van der Waals surface area contributed by atoms with Gasteiger partial charge in [0.05, 0.1) is 0 Å². The summed E-state index contributed by atoms with van der Waals surface area (Å²) in [5.74, 6) is 0. The Morgan fingerprint density at radius 2 is 0.692 bits per heavy atom. The minimum Gasteiger partial charge on any atom is -0.242 e. The fourth-order valence-electron chi connectivity index (χ4n) is 0. The molecule has 0 nitrogen and oxygen atoms in total. The maximum atomic E-state index is 3.44. The van der Waals surface area contributed by atoms with Crippen LogP contribution in [0.3, 0.4) is 0 Å². The normalized spacial score (nSPS) is 5.77. The summed E-state index contributed by atoms with van der Waals surface area (Å²) < 4.78 is 0. The maximum Gasteiger partial charge on any atom is 3.00 e. The van der Waals surface area contributed by atoms with E-state index >= 15 is 0 Å². The van der Waals surface area contributed by atoms with E-state index in [-0.39, 0.29) is 21.7 Å². The number of rotatable bonds is 0. The molecular weight excluding hydrogens is 192 g/mol. The Hall–Kier alpha value is -0.456. The zero-order valence-electron chi connectivity index (χ0n) is 9.24. The second kappa shape index (κ2) is 17.6. The molecule has 1 heteroatoms. The second-order valence-corrected chi connectivity index (χ2v) is 2.87. The van der Waals surface area contributed by atoms with Gasteiger partial charge < -0.3 is 0 Å². The largest absolute Gasteiger partial charge is 3.00 e. The summed E-state index contributed by atoms with van der Waals surface area (Å²) in [5, 5.41) is 0. The minimum absolute atomic E-state index is 0. The van der Waals surface area contributed by atoms with Gasteiger partial charge in [-0.2, -0.15) is 0 Å². The molecule has 0 aromatic rings. The van der Waals surface area contributed by atoms with Gasteiger partial charge in [0.25, 0.3) is 0 Å². The molecule has 0 aliphatic carbocycles. The van der Waals surface area contributed by atoms with Crippen molar-refractivity contribution in [2.24, 2.45) is 0 Å². The van der Waals surface area contributed by atoms with E-state index in [1.807, 2.05) is 20.8 Å². The third kappa shape index (κ3) is 5060. The van der Waals surface area contributed by atoms with Crippen molar-refractivity contribution >= 4 is 0 Å². The van der Waals surface area contributed by atoms with Crippen molar-refractivity contribution in [3.05, 3.63) is 57.2 Å². The van der Waals surface area contributed by atoms with Gasteiger partial charge in [-0.1, -0.05) is 20.8 Å². The van der Waals surface area contributed by atoms with Crippen molar-refractivity contribution < 1.29 is 21.7 Å². The first-order valence-corrected chi connectivity index (χ1v) is 3.62. The van der Waals surface area contributed by atoms with Crippen LogP contribution in [-0.4, -0.2) is 0 Å². The standard InChI is InChI=1S/3C4H7.Ti/c3*1-4(2)3;/h3*1-2H2,3H3;/q3*-1;+3. The zero-order valence-corrected chi connectivity index (χ0v) is 10.8. The molecule has 73 valence electrons. The molecule has 0 aliphatic heterocycles. The van der Waals surface area contributed by atoms with Crippen molar-refractivity contribution in [1.29, 1.82) is 0 Å². The van der Waals surface area contributed by atoms with E-state index in [9.17, 15) is 0 Å². The van der Waals surface area contributed by atoms with Crippen molar-refractivity contribution in [2.45, 2.75) is 20.8 Å².